The molecule has 0 fully saturated rings. The lowest BCUT2D eigenvalue weighted by atomic mass is 10.1. The van der Waals surface area contributed by atoms with Crippen LogP contribution in [0.1, 0.15) is 27.3 Å². The van der Waals surface area contributed by atoms with Crippen molar-refractivity contribution < 1.29 is 14.7 Å². The molecule has 7 heteroatoms. The van der Waals surface area contributed by atoms with Crippen LogP contribution in [0.5, 0.6) is 0 Å². The fourth-order valence-electron chi connectivity index (χ4n) is 2.11. The van der Waals surface area contributed by atoms with Gasteiger partial charge in [-0.15, -0.1) is 0 Å². The summed E-state index contributed by atoms with van der Waals surface area (Å²) < 4.78 is 1.70. The van der Waals surface area contributed by atoms with Gasteiger partial charge >= 0.3 is 12.0 Å². The quantitative estimate of drug-likeness (QED) is 0.805. The normalized spacial score (nSPS) is 10.3. The fraction of sp³-hybridized carbons (Fsp3) is 0.267. The molecule has 2 aromatic rings. The van der Waals surface area contributed by atoms with E-state index in [0.29, 0.717) is 5.69 Å². The van der Waals surface area contributed by atoms with Gasteiger partial charge in [0.25, 0.3) is 0 Å². The molecule has 1 heterocycles. The molecule has 3 N–H and O–H groups in total. The van der Waals surface area contributed by atoms with Gasteiger partial charge in [0, 0.05) is 13.6 Å². The number of carbonyl (C=O) groups excluding carboxylic acids is 1. The second-order valence-corrected chi connectivity index (χ2v) is 4.98. The minimum Gasteiger partial charge on any atom is -0.478 e. The van der Waals surface area contributed by atoms with Crippen LogP contribution in [0.2, 0.25) is 0 Å². The minimum absolute atomic E-state index is 0.193. The maximum atomic E-state index is 11.9. The number of carbonyl (C=O) groups is 2. The predicted molar refractivity (Wildman–Crippen MR) is 81.9 cm³/mol. The lowest BCUT2D eigenvalue weighted by Crippen LogP contribution is -2.28. The number of nitrogens with zero attached hydrogens (tertiary/aromatic N) is 2. The van der Waals surface area contributed by atoms with E-state index in [1.54, 1.807) is 16.8 Å². The summed E-state index contributed by atoms with van der Waals surface area (Å²) in [5, 5.41) is 18.6. The highest BCUT2D eigenvalue weighted by Crippen LogP contribution is 2.17. The van der Waals surface area contributed by atoms with Crippen molar-refractivity contribution in [3.05, 3.63) is 46.8 Å². The van der Waals surface area contributed by atoms with Gasteiger partial charge in [-0.2, -0.15) is 5.10 Å². The number of aryl methyl sites for hydroxylation is 2. The predicted octanol–water partition coefficient (Wildman–Crippen LogP) is 2.06. The summed E-state index contributed by atoms with van der Waals surface area (Å²) in [6.07, 6.45) is 0. The molecule has 0 saturated heterocycles. The number of aromatic nitrogens is 2. The highest BCUT2D eigenvalue weighted by atomic mass is 16.4. The number of carboxylic acids is 1. The first-order valence-corrected chi connectivity index (χ1v) is 6.75. The van der Waals surface area contributed by atoms with Crippen LogP contribution in [-0.2, 0) is 13.6 Å². The van der Waals surface area contributed by atoms with Crippen LogP contribution in [0, 0.1) is 13.8 Å². The summed E-state index contributed by atoms with van der Waals surface area (Å²) in [4.78, 5) is 22.8. The van der Waals surface area contributed by atoms with Gasteiger partial charge < -0.3 is 15.7 Å². The lowest BCUT2D eigenvalue weighted by molar-refractivity contribution is 0.0696. The summed E-state index contributed by atoms with van der Waals surface area (Å²) in [6.45, 7) is 3.93. The Balaban J connectivity index is 1.98. The Hall–Kier alpha value is -2.83. The molecule has 116 valence electrons. The molecule has 0 atom stereocenters. The van der Waals surface area contributed by atoms with Crippen molar-refractivity contribution in [2.24, 2.45) is 7.05 Å². The number of carboxylic acid groups (broad SMARTS) is 1. The average Bonchev–Trinajstić information content (AvgIpc) is 2.72. The Bertz CT molecular complexity index is 722. The molecule has 2 amide bonds. The monoisotopic (exact) mass is 302 g/mol. The van der Waals surface area contributed by atoms with Gasteiger partial charge in [0.15, 0.2) is 0 Å². The number of amides is 2. The molecule has 0 aliphatic rings. The third-order valence-corrected chi connectivity index (χ3v) is 3.37. The van der Waals surface area contributed by atoms with Gasteiger partial charge in [0.1, 0.15) is 0 Å². The molecule has 0 spiro atoms. The van der Waals surface area contributed by atoms with Crippen molar-refractivity contribution in [1.29, 1.82) is 0 Å². The number of rotatable bonds is 4. The topological polar surface area (TPSA) is 96.3 Å². The highest BCUT2D eigenvalue weighted by molar-refractivity contribution is 5.90. The molecular weight excluding hydrogens is 284 g/mol. The number of aromatic carboxylic acids is 1. The van der Waals surface area contributed by atoms with Crippen molar-refractivity contribution >= 4 is 17.7 Å². The molecule has 0 saturated carbocycles. The largest absolute Gasteiger partial charge is 0.478 e. The van der Waals surface area contributed by atoms with Gasteiger partial charge in [-0.25, -0.2) is 9.59 Å². The smallest absolute Gasteiger partial charge is 0.335 e. The van der Waals surface area contributed by atoms with Crippen LogP contribution in [0.25, 0.3) is 0 Å². The van der Waals surface area contributed by atoms with Gasteiger partial charge in [-0.1, -0.05) is 12.1 Å². The summed E-state index contributed by atoms with van der Waals surface area (Å²) in [7, 11) is 1.81. The van der Waals surface area contributed by atoms with E-state index in [2.05, 4.69) is 15.7 Å². The first-order valence-electron chi connectivity index (χ1n) is 6.75. The minimum atomic E-state index is -0.993. The number of hydrogen-bond acceptors (Lipinski definition) is 3. The van der Waals surface area contributed by atoms with Crippen molar-refractivity contribution in [2.75, 3.05) is 5.32 Å². The van der Waals surface area contributed by atoms with Crippen molar-refractivity contribution in [2.45, 2.75) is 20.4 Å². The third-order valence-electron chi connectivity index (χ3n) is 3.37. The van der Waals surface area contributed by atoms with Crippen LogP contribution in [0.15, 0.2) is 24.3 Å². The number of benzene rings is 1. The lowest BCUT2D eigenvalue weighted by Gasteiger charge is -2.08. The SMILES string of the molecule is Cc1nn(C)c(C)c1NC(=O)NCc1cccc(C(=O)O)c1. The molecule has 2 rings (SSSR count). The van der Waals surface area contributed by atoms with E-state index in [0.717, 1.165) is 17.0 Å². The van der Waals surface area contributed by atoms with Crippen LogP contribution in [0.4, 0.5) is 10.5 Å². The molecule has 22 heavy (non-hydrogen) atoms. The Morgan fingerprint density at radius 3 is 2.64 bits per heavy atom. The molecule has 0 aliphatic heterocycles. The van der Waals surface area contributed by atoms with Crippen molar-refractivity contribution in [3.63, 3.8) is 0 Å². The van der Waals surface area contributed by atoms with Gasteiger partial charge in [-0.05, 0) is 31.5 Å². The van der Waals surface area contributed by atoms with E-state index in [4.69, 9.17) is 5.11 Å². The van der Waals surface area contributed by atoms with Gasteiger partial charge in [0.05, 0.1) is 22.6 Å². The van der Waals surface area contributed by atoms with E-state index in [9.17, 15) is 9.59 Å². The fourth-order valence-corrected chi connectivity index (χ4v) is 2.11. The molecular formula is C15H18N4O3. The summed E-state index contributed by atoms with van der Waals surface area (Å²) in [5.74, 6) is -0.993. The first kappa shape index (κ1) is 15.6. The van der Waals surface area contributed by atoms with Crippen LogP contribution in [0.3, 0.4) is 0 Å². The van der Waals surface area contributed by atoms with Crippen LogP contribution in [-0.4, -0.2) is 26.9 Å². The van der Waals surface area contributed by atoms with Crippen LogP contribution >= 0.6 is 0 Å². The number of anilines is 1. The summed E-state index contributed by atoms with van der Waals surface area (Å²) in [5.41, 5.74) is 3.19. The second-order valence-electron chi connectivity index (χ2n) is 4.98. The molecule has 1 aromatic heterocycles. The number of urea groups is 1. The van der Waals surface area contributed by atoms with Crippen molar-refractivity contribution in [3.8, 4) is 0 Å². The van der Waals surface area contributed by atoms with E-state index in [-0.39, 0.29) is 18.1 Å². The molecule has 1 aromatic carbocycles. The Morgan fingerprint density at radius 2 is 2.05 bits per heavy atom. The van der Waals surface area contributed by atoms with E-state index in [1.165, 1.54) is 12.1 Å². The average molecular weight is 302 g/mol. The Kier molecular flexibility index (Phi) is 4.45. The molecule has 0 unspecified atom stereocenters. The zero-order chi connectivity index (χ0) is 16.3. The van der Waals surface area contributed by atoms with Crippen LogP contribution < -0.4 is 10.6 Å². The van der Waals surface area contributed by atoms with Crippen molar-refractivity contribution in [1.82, 2.24) is 15.1 Å². The zero-order valence-corrected chi connectivity index (χ0v) is 12.7. The maximum Gasteiger partial charge on any atom is 0.335 e. The van der Waals surface area contributed by atoms with Gasteiger partial charge in [0.2, 0.25) is 0 Å². The Morgan fingerprint density at radius 1 is 1.32 bits per heavy atom. The number of nitrogens with one attached hydrogen (secondary N) is 2. The summed E-state index contributed by atoms with van der Waals surface area (Å²) >= 11 is 0. The Labute approximate surface area is 128 Å². The van der Waals surface area contributed by atoms with Gasteiger partial charge in [-0.3, -0.25) is 4.68 Å². The molecule has 0 bridgehead atoms. The zero-order valence-electron chi connectivity index (χ0n) is 12.7. The van der Waals surface area contributed by atoms with E-state index in [1.807, 2.05) is 20.9 Å². The standard InChI is InChI=1S/C15H18N4O3/c1-9-13(10(2)19(3)18-9)17-15(22)16-8-11-5-4-6-12(7-11)14(20)21/h4-7H,8H2,1-3H3,(H,20,21)(H2,16,17,22). The molecule has 0 aliphatic carbocycles. The second kappa shape index (κ2) is 6.30. The third kappa shape index (κ3) is 3.43. The number of hydrogen-bond donors (Lipinski definition) is 3. The highest BCUT2D eigenvalue weighted by Gasteiger charge is 2.12. The van der Waals surface area contributed by atoms with E-state index >= 15 is 0 Å². The first-order chi connectivity index (χ1) is 10.4. The molecule has 0 radical (unpaired) electrons. The molecule has 7 nitrogen and oxygen atoms in total. The maximum absolute atomic E-state index is 11.9. The summed E-state index contributed by atoms with van der Waals surface area (Å²) in [6, 6.07) is 6.08. The van der Waals surface area contributed by atoms with E-state index < -0.39 is 5.97 Å².